The predicted molar refractivity (Wildman–Crippen MR) is 70.7 cm³/mol. The first-order valence-electron chi connectivity index (χ1n) is 5.73. The van der Waals surface area contributed by atoms with Gasteiger partial charge in [-0.25, -0.2) is 0 Å². The molecule has 1 unspecified atom stereocenters. The van der Waals surface area contributed by atoms with Crippen LogP contribution in [0.3, 0.4) is 0 Å². The molecule has 1 nitrogen and oxygen atoms in total. The Morgan fingerprint density at radius 2 is 2.07 bits per heavy atom. The highest BCUT2D eigenvalue weighted by Gasteiger charge is 2.18. The van der Waals surface area contributed by atoms with Gasteiger partial charge in [-0.1, -0.05) is 12.8 Å². The van der Waals surface area contributed by atoms with Gasteiger partial charge in [-0.15, -0.1) is 0 Å². The lowest BCUT2D eigenvalue weighted by atomic mass is 10.1. The van der Waals surface area contributed by atoms with Crippen molar-refractivity contribution in [2.75, 3.05) is 30.9 Å². The summed E-state index contributed by atoms with van der Waals surface area (Å²) in [5.41, 5.74) is 0. The second-order valence-electron chi connectivity index (χ2n) is 4.14. The number of thioether (sulfide) groups is 1. The van der Waals surface area contributed by atoms with Crippen molar-refractivity contribution >= 4 is 24.4 Å². The number of rotatable bonds is 7. The Morgan fingerprint density at radius 3 is 2.71 bits per heavy atom. The van der Waals surface area contributed by atoms with E-state index in [2.05, 4.69) is 36.3 Å². The van der Waals surface area contributed by atoms with Crippen LogP contribution >= 0.6 is 24.4 Å². The van der Waals surface area contributed by atoms with E-state index in [0.717, 1.165) is 11.8 Å². The lowest BCUT2D eigenvalue weighted by Crippen LogP contribution is -2.32. The fraction of sp³-hybridized carbons (Fsp3) is 1.00. The molecule has 1 atom stereocenters. The van der Waals surface area contributed by atoms with Crippen molar-refractivity contribution in [1.29, 1.82) is 0 Å². The van der Waals surface area contributed by atoms with E-state index < -0.39 is 0 Å². The minimum absolute atomic E-state index is 0.866. The Hall–Kier alpha value is 0.660. The molecule has 0 spiro atoms. The van der Waals surface area contributed by atoms with E-state index in [-0.39, 0.29) is 0 Å². The maximum atomic E-state index is 4.22. The second kappa shape index (κ2) is 7.89. The Morgan fingerprint density at radius 1 is 1.29 bits per heavy atom. The third-order valence-electron chi connectivity index (χ3n) is 2.95. The SMILES string of the molecule is CN(CCCCCCS)C1CCSC1. The van der Waals surface area contributed by atoms with Gasteiger partial charge in [0.15, 0.2) is 0 Å². The Bertz CT molecular complexity index is 135. The number of hydrogen-bond donors (Lipinski definition) is 1. The smallest absolute Gasteiger partial charge is 0.0191 e. The van der Waals surface area contributed by atoms with Gasteiger partial charge in [0.2, 0.25) is 0 Å². The molecule has 0 amide bonds. The zero-order valence-electron chi connectivity index (χ0n) is 9.24. The first-order valence-corrected chi connectivity index (χ1v) is 7.52. The predicted octanol–water partition coefficient (Wildman–Crippen LogP) is 2.91. The molecule has 0 saturated carbocycles. The summed E-state index contributed by atoms with van der Waals surface area (Å²) in [7, 11) is 2.29. The molecule has 0 N–H and O–H groups in total. The van der Waals surface area contributed by atoms with Gasteiger partial charge in [0.05, 0.1) is 0 Å². The minimum atomic E-state index is 0.866. The van der Waals surface area contributed by atoms with Crippen LogP contribution in [0.2, 0.25) is 0 Å². The Balaban J connectivity index is 1.94. The zero-order valence-corrected chi connectivity index (χ0v) is 11.0. The molecule has 0 aromatic heterocycles. The van der Waals surface area contributed by atoms with Crippen molar-refractivity contribution in [2.45, 2.75) is 38.1 Å². The summed E-state index contributed by atoms with van der Waals surface area (Å²) in [6.45, 7) is 1.29. The average molecular weight is 233 g/mol. The molecule has 1 heterocycles. The first kappa shape index (κ1) is 12.7. The molecule has 0 bridgehead atoms. The van der Waals surface area contributed by atoms with Gasteiger partial charge in [-0.3, -0.25) is 0 Å². The lowest BCUT2D eigenvalue weighted by Gasteiger charge is -2.23. The van der Waals surface area contributed by atoms with Crippen molar-refractivity contribution in [1.82, 2.24) is 4.90 Å². The summed E-state index contributed by atoms with van der Waals surface area (Å²) in [6.07, 6.45) is 6.79. The molecule has 1 aliphatic heterocycles. The van der Waals surface area contributed by atoms with Crippen LogP contribution in [-0.2, 0) is 0 Å². The molecule has 1 aliphatic rings. The molecule has 0 aliphatic carbocycles. The molecule has 0 aromatic rings. The van der Waals surface area contributed by atoms with Crippen LogP contribution in [0.15, 0.2) is 0 Å². The monoisotopic (exact) mass is 233 g/mol. The third-order valence-corrected chi connectivity index (χ3v) is 4.41. The molecule has 1 saturated heterocycles. The summed E-state index contributed by atoms with van der Waals surface area (Å²) in [5.74, 6) is 3.77. The van der Waals surface area contributed by atoms with Crippen LogP contribution in [0.4, 0.5) is 0 Å². The summed E-state index contributed by atoms with van der Waals surface area (Å²) in [5, 5.41) is 0. The van der Waals surface area contributed by atoms with Crippen LogP contribution in [0, 0.1) is 0 Å². The number of hydrogen-bond acceptors (Lipinski definition) is 3. The molecular weight excluding hydrogens is 210 g/mol. The van der Waals surface area contributed by atoms with Crippen molar-refractivity contribution in [2.24, 2.45) is 0 Å². The number of unbranched alkanes of at least 4 members (excludes halogenated alkanes) is 3. The number of nitrogens with zero attached hydrogens (tertiary/aromatic N) is 1. The topological polar surface area (TPSA) is 3.24 Å². The van der Waals surface area contributed by atoms with Crippen molar-refractivity contribution < 1.29 is 0 Å². The van der Waals surface area contributed by atoms with E-state index in [1.54, 1.807) is 0 Å². The summed E-state index contributed by atoms with van der Waals surface area (Å²) < 4.78 is 0. The van der Waals surface area contributed by atoms with Gasteiger partial charge < -0.3 is 4.90 Å². The quantitative estimate of drug-likeness (QED) is 0.532. The molecular formula is C11H23NS2. The molecule has 3 heteroatoms. The van der Waals surface area contributed by atoms with E-state index in [0.29, 0.717) is 0 Å². The summed E-state index contributed by atoms with van der Waals surface area (Å²) in [4.78, 5) is 2.56. The highest BCUT2D eigenvalue weighted by molar-refractivity contribution is 7.99. The van der Waals surface area contributed by atoms with Crippen molar-refractivity contribution in [3.8, 4) is 0 Å². The summed E-state index contributed by atoms with van der Waals surface area (Å²) in [6, 6.07) is 0.866. The fourth-order valence-corrected chi connectivity index (χ4v) is 3.40. The van der Waals surface area contributed by atoms with Crippen LogP contribution in [0.5, 0.6) is 0 Å². The molecule has 0 aromatic carbocycles. The molecule has 14 heavy (non-hydrogen) atoms. The van der Waals surface area contributed by atoms with Crippen molar-refractivity contribution in [3.63, 3.8) is 0 Å². The van der Waals surface area contributed by atoms with Gasteiger partial charge >= 0.3 is 0 Å². The first-order chi connectivity index (χ1) is 6.84. The van der Waals surface area contributed by atoms with Gasteiger partial charge in [0.25, 0.3) is 0 Å². The van der Waals surface area contributed by atoms with E-state index in [9.17, 15) is 0 Å². The van der Waals surface area contributed by atoms with Crippen molar-refractivity contribution in [3.05, 3.63) is 0 Å². The molecule has 0 radical (unpaired) electrons. The van der Waals surface area contributed by atoms with Gasteiger partial charge in [0.1, 0.15) is 0 Å². The largest absolute Gasteiger partial charge is 0.303 e. The van der Waals surface area contributed by atoms with E-state index in [1.807, 2.05) is 0 Å². The van der Waals surface area contributed by atoms with Crippen LogP contribution in [0.1, 0.15) is 32.1 Å². The van der Waals surface area contributed by atoms with Crippen LogP contribution < -0.4 is 0 Å². The lowest BCUT2D eigenvalue weighted by molar-refractivity contribution is 0.256. The fourth-order valence-electron chi connectivity index (χ4n) is 1.88. The average Bonchev–Trinajstić information content (AvgIpc) is 2.70. The van der Waals surface area contributed by atoms with Crippen LogP contribution in [0.25, 0.3) is 0 Å². The standard InChI is InChI=1S/C11H23NS2/c1-12(11-6-9-14-10-11)7-4-2-3-5-8-13/h11,13H,2-10H2,1H3. The van der Waals surface area contributed by atoms with E-state index in [4.69, 9.17) is 0 Å². The molecule has 84 valence electrons. The van der Waals surface area contributed by atoms with Gasteiger partial charge in [0, 0.05) is 11.8 Å². The normalized spacial score (nSPS) is 22.1. The summed E-state index contributed by atoms with van der Waals surface area (Å²) >= 11 is 6.33. The Kier molecular flexibility index (Phi) is 7.17. The van der Waals surface area contributed by atoms with Crippen LogP contribution in [-0.4, -0.2) is 41.8 Å². The van der Waals surface area contributed by atoms with Gasteiger partial charge in [-0.05, 0) is 44.4 Å². The molecule has 1 rings (SSSR count). The maximum Gasteiger partial charge on any atom is 0.0191 e. The maximum absolute atomic E-state index is 4.22. The highest BCUT2D eigenvalue weighted by Crippen LogP contribution is 2.21. The Labute approximate surface area is 98.4 Å². The van der Waals surface area contributed by atoms with E-state index in [1.165, 1.54) is 50.2 Å². The number of thiol groups is 1. The third kappa shape index (κ3) is 4.94. The molecule has 1 fully saturated rings. The van der Waals surface area contributed by atoms with Gasteiger partial charge in [-0.2, -0.15) is 24.4 Å². The van der Waals surface area contributed by atoms with E-state index >= 15 is 0 Å². The minimum Gasteiger partial charge on any atom is -0.303 e. The second-order valence-corrected chi connectivity index (χ2v) is 5.73. The highest BCUT2D eigenvalue weighted by atomic mass is 32.2. The zero-order chi connectivity index (χ0) is 10.2.